The molecule has 1 N–H and O–H groups in total. The highest BCUT2D eigenvalue weighted by atomic mass is 32.2. The molecule has 0 aliphatic heterocycles. The van der Waals surface area contributed by atoms with Gasteiger partial charge in [0.25, 0.3) is 0 Å². The van der Waals surface area contributed by atoms with E-state index in [1.54, 1.807) is 31.0 Å². The molecule has 27 heavy (non-hydrogen) atoms. The number of carboxylic acids is 1. The van der Waals surface area contributed by atoms with Crippen molar-refractivity contribution < 1.29 is 19.4 Å². The van der Waals surface area contributed by atoms with Crippen LogP contribution in [-0.2, 0) is 10.5 Å². The van der Waals surface area contributed by atoms with Crippen LogP contribution in [0.4, 0.5) is 0 Å². The first-order valence-corrected chi connectivity index (χ1v) is 9.31. The van der Waals surface area contributed by atoms with Crippen molar-refractivity contribution in [2.24, 2.45) is 0 Å². The topological polar surface area (TPSA) is 68.7 Å². The molecule has 0 unspecified atom stereocenters. The number of carbonyl (C=O) groups is 1. The molecule has 6 heteroatoms. The summed E-state index contributed by atoms with van der Waals surface area (Å²) in [5.74, 6) is 0.867. The summed E-state index contributed by atoms with van der Waals surface area (Å²) in [4.78, 5) is 16.2. The lowest BCUT2D eigenvalue weighted by Crippen LogP contribution is -2.09. The summed E-state index contributed by atoms with van der Waals surface area (Å²) < 4.78 is 10.6. The summed E-state index contributed by atoms with van der Waals surface area (Å²) >= 11 is 1.65. The molecule has 0 spiro atoms. The molecule has 138 valence electrons. The van der Waals surface area contributed by atoms with E-state index in [4.69, 9.17) is 14.6 Å². The highest BCUT2D eigenvalue weighted by Gasteiger charge is 2.09. The molecule has 1 aromatic heterocycles. The molecule has 0 radical (unpaired) electrons. The van der Waals surface area contributed by atoms with Gasteiger partial charge in [0.1, 0.15) is 5.75 Å². The maximum atomic E-state index is 10.5. The maximum absolute atomic E-state index is 10.5. The van der Waals surface area contributed by atoms with Crippen molar-refractivity contribution in [3.05, 3.63) is 72.3 Å². The number of hydrogen-bond acceptors (Lipinski definition) is 5. The maximum Gasteiger partial charge on any atom is 0.341 e. The molecule has 2 aromatic carbocycles. The molecule has 0 amide bonds. The third-order valence-electron chi connectivity index (χ3n) is 3.78. The van der Waals surface area contributed by atoms with Gasteiger partial charge in [-0.15, -0.1) is 11.8 Å². The Hall–Kier alpha value is -2.99. The number of carboxylic acid groups (broad SMARTS) is 1. The predicted octanol–water partition coefficient (Wildman–Crippen LogP) is 4.51. The van der Waals surface area contributed by atoms with Gasteiger partial charge in [-0.25, -0.2) is 9.78 Å². The summed E-state index contributed by atoms with van der Waals surface area (Å²) in [6.07, 6.45) is 0. The second kappa shape index (κ2) is 9.09. The molecule has 0 atom stereocenters. The standard InChI is InChI=1S/C21H19NO4S/c1-25-21-16(7-12-19(22-21)15-5-3-2-4-6-15)14-27-18-10-8-17(9-11-18)26-13-20(23)24/h2-12H,13-14H2,1H3,(H,23,24). The Morgan fingerprint density at radius 2 is 1.78 bits per heavy atom. The van der Waals surface area contributed by atoms with Crippen LogP contribution in [-0.4, -0.2) is 29.8 Å². The fourth-order valence-corrected chi connectivity index (χ4v) is 3.33. The van der Waals surface area contributed by atoms with Gasteiger partial charge < -0.3 is 14.6 Å². The zero-order valence-electron chi connectivity index (χ0n) is 14.8. The minimum absolute atomic E-state index is 0.344. The zero-order chi connectivity index (χ0) is 19.1. The van der Waals surface area contributed by atoms with Crippen LogP contribution in [0.15, 0.2) is 71.6 Å². The Morgan fingerprint density at radius 3 is 2.44 bits per heavy atom. The van der Waals surface area contributed by atoms with Gasteiger partial charge in [0.05, 0.1) is 12.8 Å². The average Bonchev–Trinajstić information content (AvgIpc) is 2.72. The van der Waals surface area contributed by atoms with Gasteiger partial charge in [0.15, 0.2) is 6.61 Å². The first-order valence-electron chi connectivity index (χ1n) is 8.32. The summed E-state index contributed by atoms with van der Waals surface area (Å²) in [7, 11) is 1.62. The Bertz CT molecular complexity index is 898. The normalized spacial score (nSPS) is 10.4. The summed E-state index contributed by atoms with van der Waals surface area (Å²) in [6.45, 7) is -0.344. The fourth-order valence-electron chi connectivity index (χ4n) is 2.46. The Morgan fingerprint density at radius 1 is 1.04 bits per heavy atom. The molecule has 5 nitrogen and oxygen atoms in total. The molecule has 0 saturated heterocycles. The van der Waals surface area contributed by atoms with Crippen LogP contribution in [0.5, 0.6) is 11.6 Å². The van der Waals surface area contributed by atoms with E-state index in [0.717, 1.165) is 21.7 Å². The molecule has 3 rings (SSSR count). The van der Waals surface area contributed by atoms with Crippen LogP contribution < -0.4 is 9.47 Å². The lowest BCUT2D eigenvalue weighted by atomic mass is 10.1. The molecular weight excluding hydrogens is 362 g/mol. The second-order valence-electron chi connectivity index (χ2n) is 5.67. The van der Waals surface area contributed by atoms with Gasteiger partial charge in [-0.2, -0.15) is 0 Å². The van der Waals surface area contributed by atoms with Gasteiger partial charge >= 0.3 is 5.97 Å². The third kappa shape index (κ3) is 5.24. The third-order valence-corrected chi connectivity index (χ3v) is 4.84. The molecule has 0 saturated carbocycles. The monoisotopic (exact) mass is 381 g/mol. The van der Waals surface area contributed by atoms with Crippen molar-refractivity contribution in [1.82, 2.24) is 4.98 Å². The van der Waals surface area contributed by atoms with Crippen molar-refractivity contribution in [3.8, 4) is 22.9 Å². The largest absolute Gasteiger partial charge is 0.482 e. The number of benzene rings is 2. The Labute approximate surface area is 162 Å². The Kier molecular flexibility index (Phi) is 6.33. The van der Waals surface area contributed by atoms with E-state index in [1.807, 2.05) is 54.6 Å². The van der Waals surface area contributed by atoms with Crippen molar-refractivity contribution in [2.45, 2.75) is 10.6 Å². The number of ether oxygens (including phenoxy) is 2. The van der Waals surface area contributed by atoms with Crippen LogP contribution in [0.1, 0.15) is 5.56 Å². The minimum Gasteiger partial charge on any atom is -0.482 e. The second-order valence-corrected chi connectivity index (χ2v) is 6.72. The Balaban J connectivity index is 1.66. The molecule has 0 aliphatic rings. The van der Waals surface area contributed by atoms with Crippen molar-refractivity contribution in [2.75, 3.05) is 13.7 Å². The lowest BCUT2D eigenvalue weighted by Gasteiger charge is -2.10. The van der Waals surface area contributed by atoms with Crippen LogP contribution in [0.2, 0.25) is 0 Å². The highest BCUT2D eigenvalue weighted by molar-refractivity contribution is 7.98. The average molecular weight is 381 g/mol. The number of aliphatic carboxylic acids is 1. The first kappa shape index (κ1) is 18.8. The SMILES string of the molecule is COc1nc(-c2ccccc2)ccc1CSc1ccc(OCC(=O)O)cc1. The van der Waals surface area contributed by atoms with E-state index in [0.29, 0.717) is 17.4 Å². The molecular formula is C21H19NO4S. The number of nitrogens with zero attached hydrogens (tertiary/aromatic N) is 1. The number of thioether (sulfide) groups is 1. The quantitative estimate of drug-likeness (QED) is 0.579. The van der Waals surface area contributed by atoms with Gasteiger partial charge in [0, 0.05) is 21.8 Å². The summed E-state index contributed by atoms with van der Waals surface area (Å²) in [5.41, 5.74) is 2.93. The van der Waals surface area contributed by atoms with Gasteiger partial charge in [-0.05, 0) is 30.3 Å². The van der Waals surface area contributed by atoms with E-state index < -0.39 is 5.97 Å². The van der Waals surface area contributed by atoms with Crippen molar-refractivity contribution in [1.29, 1.82) is 0 Å². The molecule has 0 fully saturated rings. The summed E-state index contributed by atoms with van der Waals surface area (Å²) in [6, 6.07) is 21.3. The van der Waals surface area contributed by atoms with Gasteiger partial charge in [0.2, 0.25) is 5.88 Å². The number of aromatic nitrogens is 1. The molecule has 0 bridgehead atoms. The lowest BCUT2D eigenvalue weighted by molar-refractivity contribution is -0.139. The molecule has 1 heterocycles. The van der Waals surface area contributed by atoms with E-state index in [9.17, 15) is 4.79 Å². The van der Waals surface area contributed by atoms with E-state index in [-0.39, 0.29) is 6.61 Å². The number of pyridine rings is 1. The van der Waals surface area contributed by atoms with Crippen LogP contribution >= 0.6 is 11.8 Å². The first-order chi connectivity index (χ1) is 13.2. The fraction of sp³-hybridized carbons (Fsp3) is 0.143. The zero-order valence-corrected chi connectivity index (χ0v) is 15.6. The summed E-state index contributed by atoms with van der Waals surface area (Å²) in [5, 5.41) is 8.63. The minimum atomic E-state index is -0.994. The van der Waals surface area contributed by atoms with Crippen LogP contribution in [0.25, 0.3) is 11.3 Å². The number of hydrogen-bond donors (Lipinski definition) is 1. The van der Waals surface area contributed by atoms with E-state index >= 15 is 0 Å². The smallest absolute Gasteiger partial charge is 0.341 e. The predicted molar refractivity (Wildman–Crippen MR) is 105 cm³/mol. The molecule has 0 aliphatic carbocycles. The van der Waals surface area contributed by atoms with E-state index in [1.165, 1.54) is 0 Å². The molecule has 3 aromatic rings. The number of methoxy groups -OCH3 is 1. The van der Waals surface area contributed by atoms with Gasteiger partial charge in [-0.1, -0.05) is 36.4 Å². The number of rotatable bonds is 8. The highest BCUT2D eigenvalue weighted by Crippen LogP contribution is 2.30. The van der Waals surface area contributed by atoms with Crippen molar-refractivity contribution in [3.63, 3.8) is 0 Å². The van der Waals surface area contributed by atoms with Gasteiger partial charge in [-0.3, -0.25) is 0 Å². The van der Waals surface area contributed by atoms with Crippen LogP contribution in [0.3, 0.4) is 0 Å². The van der Waals surface area contributed by atoms with Crippen LogP contribution in [0, 0.1) is 0 Å². The van der Waals surface area contributed by atoms with E-state index in [2.05, 4.69) is 4.98 Å². The van der Waals surface area contributed by atoms with Crippen molar-refractivity contribution >= 4 is 17.7 Å².